The second-order valence-corrected chi connectivity index (χ2v) is 3.01. The molecule has 2 bridgehead atoms. The predicted octanol–water partition coefficient (Wildman–Crippen LogP) is 0.768. The van der Waals surface area contributed by atoms with Crippen LogP contribution >= 0.6 is 0 Å². The first-order valence-corrected chi connectivity index (χ1v) is 3.78. The van der Waals surface area contributed by atoms with Crippen LogP contribution in [0.15, 0.2) is 0 Å². The van der Waals surface area contributed by atoms with E-state index >= 15 is 0 Å². The Morgan fingerprint density at radius 3 is 3.44 bits per heavy atom. The van der Waals surface area contributed by atoms with Gasteiger partial charge in [-0.15, -0.1) is 0 Å². The van der Waals surface area contributed by atoms with E-state index in [-0.39, 0.29) is 0 Å². The Hall–Kier alpha value is -0.0800. The maximum Gasteiger partial charge on any atom is 0.0382 e. The van der Waals surface area contributed by atoms with Gasteiger partial charge in [0.25, 0.3) is 0 Å². The summed E-state index contributed by atoms with van der Waals surface area (Å²) in [7, 11) is 0. The molecule has 2 unspecified atom stereocenters. The number of hydrazine groups is 1. The minimum atomic E-state index is 0.983. The highest BCUT2D eigenvalue weighted by molar-refractivity contribution is 4.80. The average Bonchev–Trinajstić information content (AvgIpc) is 2.09. The molecule has 0 amide bonds. The Kier molecular flexibility index (Phi) is 1.44. The van der Waals surface area contributed by atoms with Crippen LogP contribution in [0, 0.1) is 12.5 Å². The fourth-order valence-electron chi connectivity index (χ4n) is 1.70. The molecule has 0 aliphatic carbocycles. The summed E-state index contributed by atoms with van der Waals surface area (Å²) < 4.78 is 0. The van der Waals surface area contributed by atoms with Gasteiger partial charge in [0.05, 0.1) is 0 Å². The van der Waals surface area contributed by atoms with Gasteiger partial charge in [-0.2, -0.15) is 0 Å². The molecule has 2 saturated heterocycles. The van der Waals surface area contributed by atoms with Crippen LogP contribution in [0.5, 0.6) is 0 Å². The lowest BCUT2D eigenvalue weighted by molar-refractivity contribution is 0.262. The third kappa shape index (κ3) is 1.10. The first kappa shape index (κ1) is 5.69. The fraction of sp³-hybridized carbons (Fsp3) is 0.857. The van der Waals surface area contributed by atoms with Gasteiger partial charge in [0.2, 0.25) is 0 Å². The normalized spacial score (nSPS) is 42.7. The molecular formula is C7H13N2. The number of nitrogens with one attached hydrogen (secondary N) is 1. The molecule has 2 aliphatic heterocycles. The van der Waals surface area contributed by atoms with Crippen molar-refractivity contribution in [3.05, 3.63) is 6.54 Å². The molecule has 2 heterocycles. The third-order valence-electron chi connectivity index (χ3n) is 2.28. The summed E-state index contributed by atoms with van der Waals surface area (Å²) in [5.41, 5.74) is 3.28. The van der Waals surface area contributed by atoms with Crippen molar-refractivity contribution in [2.24, 2.45) is 5.92 Å². The maximum atomic E-state index is 3.28. The molecule has 51 valence electrons. The number of fused-ring (bicyclic) bond motifs is 2. The molecule has 2 aliphatic rings. The van der Waals surface area contributed by atoms with Gasteiger partial charge in [-0.3, -0.25) is 5.43 Å². The number of hydrogen-bond acceptors (Lipinski definition) is 2. The second-order valence-electron chi connectivity index (χ2n) is 3.01. The van der Waals surface area contributed by atoms with E-state index in [0.29, 0.717) is 0 Å². The van der Waals surface area contributed by atoms with Crippen LogP contribution in [0.1, 0.15) is 19.3 Å². The van der Waals surface area contributed by atoms with Gasteiger partial charge in [0, 0.05) is 19.6 Å². The summed E-state index contributed by atoms with van der Waals surface area (Å²) in [4.78, 5) is 0. The monoisotopic (exact) mass is 125 g/mol. The number of rotatable bonds is 0. The van der Waals surface area contributed by atoms with Gasteiger partial charge in [0.15, 0.2) is 0 Å². The minimum absolute atomic E-state index is 0.983. The molecule has 0 spiro atoms. The van der Waals surface area contributed by atoms with Crippen LogP contribution in [0.4, 0.5) is 0 Å². The highest BCUT2D eigenvalue weighted by atomic mass is 15.5. The minimum Gasteiger partial charge on any atom is -0.250 e. The molecule has 2 rings (SSSR count). The Bertz CT molecular complexity index is 91.1. The zero-order valence-electron chi connectivity index (χ0n) is 5.64. The Morgan fingerprint density at radius 2 is 2.44 bits per heavy atom. The fourth-order valence-corrected chi connectivity index (χ4v) is 1.70. The van der Waals surface area contributed by atoms with Crippen LogP contribution in [0.2, 0.25) is 0 Å². The molecule has 0 aromatic carbocycles. The van der Waals surface area contributed by atoms with Gasteiger partial charge in [-0.05, 0) is 25.2 Å². The van der Waals surface area contributed by atoms with Gasteiger partial charge in [-0.25, -0.2) is 5.01 Å². The number of hydrogen-bond donors (Lipinski definition) is 1. The van der Waals surface area contributed by atoms with Crippen molar-refractivity contribution in [2.45, 2.75) is 19.3 Å². The first-order valence-electron chi connectivity index (χ1n) is 3.78. The quantitative estimate of drug-likeness (QED) is 0.514. The molecule has 1 N–H and O–H groups in total. The van der Waals surface area contributed by atoms with E-state index in [4.69, 9.17) is 0 Å². The Morgan fingerprint density at radius 1 is 1.44 bits per heavy atom. The summed E-state index contributed by atoms with van der Waals surface area (Å²) in [5.74, 6) is 0.983. The topological polar surface area (TPSA) is 15.3 Å². The first-order chi connectivity index (χ1) is 4.45. The van der Waals surface area contributed by atoms with Crippen LogP contribution < -0.4 is 5.43 Å². The summed E-state index contributed by atoms with van der Waals surface area (Å²) in [6.07, 6.45) is 4.05. The van der Waals surface area contributed by atoms with Crippen molar-refractivity contribution >= 4 is 0 Å². The van der Waals surface area contributed by atoms with Gasteiger partial charge in [0.1, 0.15) is 0 Å². The smallest absolute Gasteiger partial charge is 0.0382 e. The van der Waals surface area contributed by atoms with Crippen molar-refractivity contribution in [1.82, 2.24) is 10.4 Å². The highest BCUT2D eigenvalue weighted by Gasteiger charge is 2.23. The summed E-state index contributed by atoms with van der Waals surface area (Å²) in [6.45, 7) is 4.71. The molecule has 0 aromatic heterocycles. The van der Waals surface area contributed by atoms with Gasteiger partial charge in [-0.1, -0.05) is 0 Å². The molecule has 0 saturated carbocycles. The zero-order chi connectivity index (χ0) is 6.10. The maximum absolute atomic E-state index is 3.28. The van der Waals surface area contributed by atoms with E-state index in [9.17, 15) is 0 Å². The van der Waals surface area contributed by atoms with Crippen LogP contribution in [0.3, 0.4) is 0 Å². The highest BCUT2D eigenvalue weighted by Crippen LogP contribution is 2.22. The number of nitrogens with zero attached hydrogens (tertiary/aromatic N) is 1. The Balaban J connectivity index is 1.99. The van der Waals surface area contributed by atoms with Gasteiger partial charge < -0.3 is 0 Å². The third-order valence-corrected chi connectivity index (χ3v) is 2.28. The predicted molar refractivity (Wildman–Crippen MR) is 36.3 cm³/mol. The summed E-state index contributed by atoms with van der Waals surface area (Å²) >= 11 is 0. The molecular weight excluding hydrogens is 112 g/mol. The Labute approximate surface area is 56.2 Å². The van der Waals surface area contributed by atoms with Crippen LogP contribution in [-0.2, 0) is 0 Å². The molecule has 0 aromatic rings. The van der Waals surface area contributed by atoms with E-state index in [1.165, 1.54) is 32.4 Å². The summed E-state index contributed by atoms with van der Waals surface area (Å²) in [6, 6.07) is 0. The van der Waals surface area contributed by atoms with E-state index < -0.39 is 0 Å². The van der Waals surface area contributed by atoms with Crippen molar-refractivity contribution in [3.8, 4) is 0 Å². The molecule has 2 nitrogen and oxygen atoms in total. The van der Waals surface area contributed by atoms with Crippen molar-refractivity contribution < 1.29 is 0 Å². The van der Waals surface area contributed by atoms with E-state index in [1.54, 1.807) is 0 Å². The molecule has 2 atom stereocenters. The average molecular weight is 125 g/mol. The molecule has 2 heteroatoms. The van der Waals surface area contributed by atoms with Crippen molar-refractivity contribution in [3.63, 3.8) is 0 Å². The summed E-state index contributed by atoms with van der Waals surface area (Å²) in [5, 5.41) is 2.32. The molecule has 2 fully saturated rings. The lowest BCUT2D eigenvalue weighted by Crippen LogP contribution is -2.32. The van der Waals surface area contributed by atoms with E-state index in [1.807, 2.05) is 0 Å². The van der Waals surface area contributed by atoms with Crippen LogP contribution in [0.25, 0.3) is 0 Å². The van der Waals surface area contributed by atoms with E-state index in [2.05, 4.69) is 17.0 Å². The second kappa shape index (κ2) is 2.27. The van der Waals surface area contributed by atoms with Gasteiger partial charge >= 0.3 is 0 Å². The van der Waals surface area contributed by atoms with Crippen molar-refractivity contribution in [2.75, 3.05) is 13.1 Å². The lowest BCUT2D eigenvalue weighted by atomic mass is 10.0. The lowest BCUT2D eigenvalue weighted by Gasteiger charge is -2.13. The largest absolute Gasteiger partial charge is 0.250 e. The standard InChI is InChI=1S/C7H13N2/c1-2-7-3-5-9(6-7)8-4-1/h4,7-8H,1-3,5-6H2. The van der Waals surface area contributed by atoms with Crippen molar-refractivity contribution in [1.29, 1.82) is 0 Å². The van der Waals surface area contributed by atoms with Crippen LogP contribution in [-0.4, -0.2) is 18.1 Å². The zero-order valence-corrected chi connectivity index (χ0v) is 5.64. The molecule has 9 heavy (non-hydrogen) atoms. The SMILES string of the molecule is [CH]1CCC2CCN(C2)N1. The molecule has 1 radical (unpaired) electrons. The van der Waals surface area contributed by atoms with E-state index in [0.717, 1.165) is 5.92 Å².